The van der Waals surface area contributed by atoms with Crippen LogP contribution in [-0.2, 0) is 11.3 Å². The molecule has 1 N–H and O–H groups in total. The van der Waals surface area contributed by atoms with E-state index in [0.717, 1.165) is 31.7 Å². The van der Waals surface area contributed by atoms with Crippen molar-refractivity contribution < 1.29 is 9.47 Å². The highest BCUT2D eigenvalue weighted by Crippen LogP contribution is 2.22. The summed E-state index contributed by atoms with van der Waals surface area (Å²) in [5, 5.41) is 3.62. The average Bonchev–Trinajstić information content (AvgIpc) is 2.94. The van der Waals surface area contributed by atoms with E-state index in [1.165, 1.54) is 18.4 Å². The molecule has 1 saturated carbocycles. The van der Waals surface area contributed by atoms with E-state index in [1.807, 2.05) is 7.11 Å². The maximum absolute atomic E-state index is 5.74. The molecular formula is C18H29NO2. The van der Waals surface area contributed by atoms with Crippen LogP contribution in [0.1, 0.15) is 45.1 Å². The number of hydrogen-bond acceptors (Lipinski definition) is 3. The lowest BCUT2D eigenvalue weighted by Crippen LogP contribution is -2.26. The largest absolute Gasteiger partial charge is 0.494 e. The molecule has 0 radical (unpaired) electrons. The van der Waals surface area contributed by atoms with Gasteiger partial charge < -0.3 is 14.8 Å². The van der Waals surface area contributed by atoms with Crippen LogP contribution in [0.15, 0.2) is 24.3 Å². The summed E-state index contributed by atoms with van der Waals surface area (Å²) in [5.41, 5.74) is 1.31. The molecule has 1 aliphatic carbocycles. The van der Waals surface area contributed by atoms with E-state index in [2.05, 4.69) is 43.4 Å². The van der Waals surface area contributed by atoms with Crippen molar-refractivity contribution in [1.82, 2.24) is 5.32 Å². The minimum absolute atomic E-state index is 0.444. The van der Waals surface area contributed by atoms with Crippen molar-refractivity contribution in [1.29, 1.82) is 0 Å². The van der Waals surface area contributed by atoms with E-state index in [0.29, 0.717) is 18.1 Å². The predicted molar refractivity (Wildman–Crippen MR) is 86.7 cm³/mol. The summed E-state index contributed by atoms with van der Waals surface area (Å²) in [6.45, 7) is 6.16. The van der Waals surface area contributed by atoms with Crippen molar-refractivity contribution in [3.8, 4) is 5.75 Å². The monoisotopic (exact) mass is 291 g/mol. The van der Waals surface area contributed by atoms with Gasteiger partial charge in [-0.3, -0.25) is 0 Å². The lowest BCUT2D eigenvalue weighted by molar-refractivity contribution is 0.107. The van der Waals surface area contributed by atoms with Crippen molar-refractivity contribution in [2.75, 3.05) is 13.7 Å². The maximum atomic E-state index is 5.74. The van der Waals surface area contributed by atoms with Crippen molar-refractivity contribution >= 4 is 0 Å². The van der Waals surface area contributed by atoms with E-state index >= 15 is 0 Å². The van der Waals surface area contributed by atoms with Crippen molar-refractivity contribution in [2.45, 2.75) is 58.2 Å². The summed E-state index contributed by atoms with van der Waals surface area (Å²) in [5.74, 6) is 1.66. The lowest BCUT2D eigenvalue weighted by Gasteiger charge is -2.13. The molecule has 0 aromatic heterocycles. The van der Waals surface area contributed by atoms with Crippen LogP contribution in [0.2, 0.25) is 0 Å². The van der Waals surface area contributed by atoms with Gasteiger partial charge in [0.25, 0.3) is 0 Å². The minimum Gasteiger partial charge on any atom is -0.494 e. The van der Waals surface area contributed by atoms with Gasteiger partial charge in [-0.2, -0.15) is 0 Å². The van der Waals surface area contributed by atoms with Gasteiger partial charge in [-0.1, -0.05) is 26.0 Å². The smallest absolute Gasteiger partial charge is 0.119 e. The van der Waals surface area contributed by atoms with Crippen LogP contribution in [0.4, 0.5) is 0 Å². The third kappa shape index (κ3) is 5.68. The minimum atomic E-state index is 0.444. The van der Waals surface area contributed by atoms with Crippen LogP contribution in [-0.4, -0.2) is 25.9 Å². The second kappa shape index (κ2) is 8.40. The third-order valence-electron chi connectivity index (χ3n) is 4.20. The Morgan fingerprint density at radius 3 is 2.57 bits per heavy atom. The number of rotatable bonds is 8. The van der Waals surface area contributed by atoms with Crippen LogP contribution in [0, 0.1) is 5.92 Å². The molecular weight excluding hydrogens is 262 g/mol. The summed E-state index contributed by atoms with van der Waals surface area (Å²) in [4.78, 5) is 0. The first-order valence-electron chi connectivity index (χ1n) is 8.15. The summed E-state index contributed by atoms with van der Waals surface area (Å²) in [7, 11) is 1.81. The average molecular weight is 291 g/mol. The number of hydrogen-bond donors (Lipinski definition) is 1. The molecule has 0 bridgehead atoms. The van der Waals surface area contributed by atoms with Gasteiger partial charge in [0.1, 0.15) is 5.75 Å². The summed E-state index contributed by atoms with van der Waals surface area (Å²) in [6, 6.07) is 9.05. The lowest BCUT2D eigenvalue weighted by atomic mass is 10.1. The van der Waals surface area contributed by atoms with Crippen LogP contribution in [0.25, 0.3) is 0 Å². The second-order valence-electron chi connectivity index (χ2n) is 6.42. The first kappa shape index (κ1) is 16.3. The summed E-state index contributed by atoms with van der Waals surface area (Å²) >= 11 is 0. The second-order valence-corrected chi connectivity index (χ2v) is 6.42. The quantitative estimate of drug-likeness (QED) is 0.791. The highest BCUT2D eigenvalue weighted by atomic mass is 16.5. The highest BCUT2D eigenvalue weighted by molar-refractivity contribution is 5.27. The Labute approximate surface area is 129 Å². The highest BCUT2D eigenvalue weighted by Gasteiger charge is 2.23. The van der Waals surface area contributed by atoms with Gasteiger partial charge in [-0.15, -0.1) is 0 Å². The Morgan fingerprint density at radius 1 is 1.19 bits per heavy atom. The van der Waals surface area contributed by atoms with Crippen LogP contribution in [0.3, 0.4) is 0 Å². The van der Waals surface area contributed by atoms with Crippen LogP contribution in [0.5, 0.6) is 5.75 Å². The van der Waals surface area contributed by atoms with E-state index in [-0.39, 0.29) is 0 Å². The molecule has 0 heterocycles. The van der Waals surface area contributed by atoms with E-state index < -0.39 is 0 Å². The fourth-order valence-electron chi connectivity index (χ4n) is 2.72. The van der Waals surface area contributed by atoms with E-state index in [9.17, 15) is 0 Å². The first-order chi connectivity index (χ1) is 10.2. The topological polar surface area (TPSA) is 30.5 Å². The van der Waals surface area contributed by atoms with Gasteiger partial charge in [0.05, 0.1) is 12.7 Å². The fourth-order valence-corrected chi connectivity index (χ4v) is 2.72. The maximum Gasteiger partial charge on any atom is 0.119 e. The number of methoxy groups -OCH3 is 1. The fraction of sp³-hybridized carbons (Fsp3) is 0.667. The summed E-state index contributed by atoms with van der Waals surface area (Å²) in [6.07, 6.45) is 5.07. The number of benzene rings is 1. The predicted octanol–water partition coefficient (Wildman–Crippen LogP) is 3.77. The molecule has 2 atom stereocenters. The molecule has 1 aromatic carbocycles. The van der Waals surface area contributed by atoms with Gasteiger partial charge in [0.15, 0.2) is 0 Å². The van der Waals surface area contributed by atoms with Gasteiger partial charge >= 0.3 is 0 Å². The van der Waals surface area contributed by atoms with E-state index in [4.69, 9.17) is 9.47 Å². The molecule has 1 fully saturated rings. The SMILES string of the molecule is COC1CCC(NCc2ccc(OCCC(C)C)cc2)C1. The summed E-state index contributed by atoms with van der Waals surface area (Å²) < 4.78 is 11.1. The first-order valence-corrected chi connectivity index (χ1v) is 8.15. The van der Waals surface area contributed by atoms with Crippen molar-refractivity contribution in [3.05, 3.63) is 29.8 Å². The molecule has 2 unspecified atom stereocenters. The molecule has 1 aromatic rings. The molecule has 1 aliphatic rings. The Morgan fingerprint density at radius 2 is 1.95 bits per heavy atom. The van der Waals surface area contributed by atoms with Gasteiger partial charge in [-0.05, 0) is 49.3 Å². The van der Waals surface area contributed by atoms with Gasteiger partial charge in [0, 0.05) is 19.7 Å². The molecule has 2 rings (SSSR count). The molecule has 0 amide bonds. The zero-order valence-electron chi connectivity index (χ0n) is 13.6. The molecule has 21 heavy (non-hydrogen) atoms. The van der Waals surface area contributed by atoms with Crippen molar-refractivity contribution in [2.24, 2.45) is 5.92 Å². The molecule has 0 saturated heterocycles. The Kier molecular flexibility index (Phi) is 6.52. The number of nitrogens with one attached hydrogen (secondary N) is 1. The third-order valence-corrected chi connectivity index (χ3v) is 4.20. The van der Waals surface area contributed by atoms with Crippen LogP contribution < -0.4 is 10.1 Å². The normalized spacial score (nSPS) is 21.9. The Balaban J connectivity index is 1.70. The molecule has 0 aliphatic heterocycles. The number of ether oxygens (including phenoxy) is 2. The zero-order valence-corrected chi connectivity index (χ0v) is 13.6. The van der Waals surface area contributed by atoms with Gasteiger partial charge in [-0.25, -0.2) is 0 Å². The standard InChI is InChI=1S/C18H29NO2/c1-14(2)10-11-21-17-7-4-15(5-8-17)13-19-16-6-9-18(12-16)20-3/h4-5,7-8,14,16,18-19H,6,9-13H2,1-3H3. The zero-order chi connectivity index (χ0) is 15.1. The molecule has 118 valence electrons. The molecule has 0 spiro atoms. The molecule has 3 nitrogen and oxygen atoms in total. The molecule has 3 heteroatoms. The Bertz CT molecular complexity index is 402. The van der Waals surface area contributed by atoms with Gasteiger partial charge in [0.2, 0.25) is 0 Å². The van der Waals surface area contributed by atoms with Crippen LogP contribution >= 0.6 is 0 Å². The Hall–Kier alpha value is -1.06. The van der Waals surface area contributed by atoms with Crippen molar-refractivity contribution in [3.63, 3.8) is 0 Å². The van der Waals surface area contributed by atoms with E-state index in [1.54, 1.807) is 0 Å².